The van der Waals surface area contributed by atoms with E-state index in [4.69, 9.17) is 4.74 Å². The first-order valence-electron chi connectivity index (χ1n) is 12.3. The lowest BCUT2D eigenvalue weighted by atomic mass is 10.0. The predicted octanol–water partition coefficient (Wildman–Crippen LogP) is 4.46. The van der Waals surface area contributed by atoms with E-state index in [1.807, 2.05) is 51.1 Å². The number of ether oxygens (including phenoxy) is 1. The van der Waals surface area contributed by atoms with Crippen LogP contribution < -0.4 is 15.4 Å². The third-order valence-corrected chi connectivity index (χ3v) is 6.19. The molecule has 0 bridgehead atoms. The van der Waals surface area contributed by atoms with Gasteiger partial charge in [0, 0.05) is 24.2 Å². The van der Waals surface area contributed by atoms with E-state index in [1.54, 1.807) is 18.2 Å². The number of hydrogen-bond acceptors (Lipinski definition) is 5. The Hall–Kier alpha value is -3.68. The molecule has 1 aliphatic rings. The molecule has 0 radical (unpaired) electrons. The fraction of sp³-hybridized carbons (Fsp3) is 0.407. The van der Waals surface area contributed by atoms with E-state index < -0.39 is 6.04 Å². The van der Waals surface area contributed by atoms with E-state index in [0.717, 1.165) is 43.0 Å². The summed E-state index contributed by atoms with van der Waals surface area (Å²) in [6.07, 6.45) is 4.44. The second kappa shape index (κ2) is 11.2. The van der Waals surface area contributed by atoms with E-state index in [1.165, 1.54) is 6.42 Å². The highest BCUT2D eigenvalue weighted by Gasteiger charge is 2.26. The van der Waals surface area contributed by atoms with Crippen LogP contribution in [0.15, 0.2) is 48.5 Å². The van der Waals surface area contributed by atoms with Gasteiger partial charge in [-0.1, -0.05) is 32.4 Å². The quantitative estimate of drug-likeness (QED) is 0.501. The molecule has 0 spiro atoms. The van der Waals surface area contributed by atoms with Crippen LogP contribution >= 0.6 is 0 Å². The Morgan fingerprint density at radius 1 is 1.03 bits per heavy atom. The summed E-state index contributed by atoms with van der Waals surface area (Å²) < 4.78 is 7.77. The molecule has 4 rings (SSSR count). The summed E-state index contributed by atoms with van der Waals surface area (Å²) in [5.74, 6) is 1.68. The summed E-state index contributed by atoms with van der Waals surface area (Å²) in [6, 6.07) is 13.9. The number of aromatic nitrogens is 3. The maximum atomic E-state index is 13.1. The second-order valence-corrected chi connectivity index (χ2v) is 9.09. The molecule has 2 amide bonds. The van der Waals surface area contributed by atoms with Gasteiger partial charge in [0.2, 0.25) is 5.91 Å². The molecule has 1 aliphatic heterocycles. The Labute approximate surface area is 206 Å². The van der Waals surface area contributed by atoms with Crippen molar-refractivity contribution in [2.75, 3.05) is 11.9 Å². The molecule has 2 N–H and O–H groups in total. The molecule has 0 unspecified atom stereocenters. The molecule has 0 saturated carbocycles. The average Bonchev–Trinajstić information content (AvgIpc) is 3.11. The number of hydrogen-bond donors (Lipinski definition) is 2. The average molecular weight is 476 g/mol. The Morgan fingerprint density at radius 2 is 1.80 bits per heavy atom. The van der Waals surface area contributed by atoms with Gasteiger partial charge >= 0.3 is 0 Å². The first-order chi connectivity index (χ1) is 17.0. The number of para-hydroxylation sites is 1. The molecular weight excluding hydrogens is 442 g/mol. The minimum atomic E-state index is -0.705. The molecule has 2 heterocycles. The lowest BCUT2D eigenvalue weighted by Crippen LogP contribution is -2.47. The van der Waals surface area contributed by atoms with Gasteiger partial charge in [-0.15, -0.1) is 10.2 Å². The molecule has 35 heavy (non-hydrogen) atoms. The van der Waals surface area contributed by atoms with Crippen LogP contribution in [0.2, 0.25) is 0 Å². The first kappa shape index (κ1) is 24.4. The number of carbonyl (C=O) groups is 2. The zero-order valence-corrected chi connectivity index (χ0v) is 20.6. The zero-order valence-electron chi connectivity index (χ0n) is 20.6. The fourth-order valence-corrected chi connectivity index (χ4v) is 4.31. The molecule has 3 aromatic rings. The van der Waals surface area contributed by atoms with Crippen molar-refractivity contribution >= 4 is 17.5 Å². The maximum Gasteiger partial charge on any atom is 0.255 e. The molecule has 8 heteroatoms. The van der Waals surface area contributed by atoms with Crippen LogP contribution in [-0.4, -0.2) is 39.2 Å². The van der Waals surface area contributed by atoms with Gasteiger partial charge in [-0.05, 0) is 62.1 Å². The Morgan fingerprint density at radius 3 is 2.54 bits per heavy atom. The molecular formula is C27H33N5O3. The highest BCUT2D eigenvalue weighted by atomic mass is 16.5. The van der Waals surface area contributed by atoms with Crippen LogP contribution in [0.1, 0.15) is 56.2 Å². The molecule has 0 saturated heterocycles. The van der Waals surface area contributed by atoms with Gasteiger partial charge in [0.1, 0.15) is 17.6 Å². The van der Waals surface area contributed by atoms with E-state index in [2.05, 4.69) is 25.4 Å². The van der Waals surface area contributed by atoms with Gasteiger partial charge < -0.3 is 19.9 Å². The Balaban J connectivity index is 1.45. The van der Waals surface area contributed by atoms with Gasteiger partial charge in [-0.3, -0.25) is 9.59 Å². The fourth-order valence-electron chi connectivity index (χ4n) is 4.31. The van der Waals surface area contributed by atoms with Crippen molar-refractivity contribution < 1.29 is 14.3 Å². The van der Waals surface area contributed by atoms with Crippen LogP contribution in [-0.2, 0) is 17.8 Å². The number of aryl methyl sites for hydroxylation is 1. The van der Waals surface area contributed by atoms with Crippen LogP contribution in [0.3, 0.4) is 0 Å². The number of rotatable bonds is 8. The number of nitrogens with zero attached hydrogens (tertiary/aromatic N) is 3. The SMILES string of the molecule is CCOc1ccccc1C(=O)N[C@H](C(=O)Nc1ccc(-c2nnc3n2CCCCC3)cc1)C(C)C. The molecule has 0 aliphatic carbocycles. The van der Waals surface area contributed by atoms with Gasteiger partial charge in [0.25, 0.3) is 5.91 Å². The summed E-state index contributed by atoms with van der Waals surface area (Å²) >= 11 is 0. The summed E-state index contributed by atoms with van der Waals surface area (Å²) in [4.78, 5) is 26.0. The highest BCUT2D eigenvalue weighted by Crippen LogP contribution is 2.24. The summed E-state index contributed by atoms with van der Waals surface area (Å²) in [5, 5.41) is 14.6. The lowest BCUT2D eigenvalue weighted by Gasteiger charge is -2.22. The summed E-state index contributed by atoms with van der Waals surface area (Å²) in [7, 11) is 0. The standard InChI is InChI=1S/C27H33N5O3/c1-4-35-22-11-8-7-10-21(22)26(33)29-24(18(2)3)27(34)28-20-15-13-19(14-16-20)25-31-30-23-12-6-5-9-17-32(23)25/h7-8,10-11,13-16,18,24H,4-6,9,12,17H2,1-3H3,(H,28,34)(H,29,33)/t24-/m0/s1. The van der Waals surface area contributed by atoms with E-state index in [0.29, 0.717) is 23.6 Å². The number of amides is 2. The molecule has 2 aromatic carbocycles. The smallest absolute Gasteiger partial charge is 0.255 e. The van der Waals surface area contributed by atoms with Gasteiger partial charge in [0.15, 0.2) is 5.82 Å². The minimum absolute atomic E-state index is 0.107. The Kier molecular flexibility index (Phi) is 7.80. The van der Waals surface area contributed by atoms with Crippen LogP contribution in [0.25, 0.3) is 11.4 Å². The molecule has 1 atom stereocenters. The monoisotopic (exact) mass is 475 g/mol. The maximum absolute atomic E-state index is 13.1. The Bertz CT molecular complexity index is 1170. The van der Waals surface area contributed by atoms with Crippen molar-refractivity contribution in [2.45, 2.75) is 59.0 Å². The molecule has 8 nitrogen and oxygen atoms in total. The van der Waals surface area contributed by atoms with E-state index in [9.17, 15) is 9.59 Å². The summed E-state index contributed by atoms with van der Waals surface area (Å²) in [6.45, 7) is 7.05. The van der Waals surface area contributed by atoms with E-state index >= 15 is 0 Å². The minimum Gasteiger partial charge on any atom is -0.493 e. The van der Waals surface area contributed by atoms with Crippen molar-refractivity contribution in [3.8, 4) is 17.1 Å². The molecule has 184 valence electrons. The highest BCUT2D eigenvalue weighted by molar-refractivity contribution is 6.02. The van der Waals surface area contributed by atoms with Crippen molar-refractivity contribution in [1.29, 1.82) is 0 Å². The largest absolute Gasteiger partial charge is 0.493 e. The number of fused-ring (bicyclic) bond motifs is 1. The van der Waals surface area contributed by atoms with Crippen molar-refractivity contribution in [1.82, 2.24) is 20.1 Å². The predicted molar refractivity (Wildman–Crippen MR) is 135 cm³/mol. The van der Waals surface area contributed by atoms with Crippen molar-refractivity contribution in [3.63, 3.8) is 0 Å². The first-order valence-corrected chi connectivity index (χ1v) is 12.3. The number of benzene rings is 2. The molecule has 1 aromatic heterocycles. The van der Waals surface area contributed by atoms with Gasteiger partial charge in [0.05, 0.1) is 12.2 Å². The van der Waals surface area contributed by atoms with E-state index in [-0.39, 0.29) is 17.7 Å². The third-order valence-electron chi connectivity index (χ3n) is 6.19. The number of carbonyl (C=O) groups excluding carboxylic acids is 2. The van der Waals surface area contributed by atoms with Crippen molar-refractivity contribution in [3.05, 3.63) is 59.9 Å². The topological polar surface area (TPSA) is 98.1 Å². The lowest BCUT2D eigenvalue weighted by molar-refractivity contribution is -0.118. The second-order valence-electron chi connectivity index (χ2n) is 9.09. The zero-order chi connectivity index (χ0) is 24.8. The van der Waals surface area contributed by atoms with Crippen LogP contribution in [0, 0.1) is 5.92 Å². The number of nitrogens with one attached hydrogen (secondary N) is 2. The molecule has 0 fully saturated rings. The van der Waals surface area contributed by atoms with Crippen LogP contribution in [0.5, 0.6) is 5.75 Å². The normalized spacial score (nSPS) is 14.1. The van der Waals surface area contributed by atoms with Gasteiger partial charge in [-0.2, -0.15) is 0 Å². The van der Waals surface area contributed by atoms with Crippen molar-refractivity contribution in [2.24, 2.45) is 5.92 Å². The van der Waals surface area contributed by atoms with Gasteiger partial charge in [-0.25, -0.2) is 0 Å². The third kappa shape index (κ3) is 5.70. The number of anilines is 1. The van der Waals surface area contributed by atoms with Crippen LogP contribution in [0.4, 0.5) is 5.69 Å². The summed E-state index contributed by atoms with van der Waals surface area (Å²) in [5.41, 5.74) is 2.03.